The van der Waals surface area contributed by atoms with Gasteiger partial charge in [-0.05, 0) is 41.4 Å². The summed E-state index contributed by atoms with van der Waals surface area (Å²) in [6.07, 6.45) is 1.80. The molecule has 0 radical (unpaired) electrons. The molecule has 0 aliphatic rings. The average Bonchev–Trinajstić information content (AvgIpc) is 2.96. The first-order valence-electron chi connectivity index (χ1n) is 6.31. The van der Waals surface area contributed by atoms with E-state index >= 15 is 0 Å². The molecule has 0 atom stereocenters. The molecule has 100 valence electrons. The predicted octanol–water partition coefficient (Wildman–Crippen LogP) is 2.40. The Hall–Kier alpha value is -1.88. The minimum Gasteiger partial charge on any atom is -0.357 e. The molecular weight excluding hydrogens is 256 g/mol. The van der Waals surface area contributed by atoms with E-state index in [0.29, 0.717) is 13.1 Å². The van der Waals surface area contributed by atoms with Gasteiger partial charge in [0.1, 0.15) is 0 Å². The van der Waals surface area contributed by atoms with E-state index in [1.165, 1.54) is 5.56 Å². The molecule has 0 saturated heterocycles. The van der Waals surface area contributed by atoms with E-state index in [0.717, 1.165) is 18.2 Å². The monoisotopic (exact) mass is 274 g/mol. The summed E-state index contributed by atoms with van der Waals surface area (Å²) in [7, 11) is 0. The Bertz CT molecular complexity index is 493. The first-order valence-corrected chi connectivity index (χ1v) is 7.26. The molecule has 4 nitrogen and oxygen atoms in total. The average molecular weight is 274 g/mol. The summed E-state index contributed by atoms with van der Waals surface area (Å²) in [5.41, 5.74) is 2.24. The number of nitrogens with one attached hydrogen (secondary N) is 2. The Balaban J connectivity index is 1.90. The SMILES string of the molecule is CCNC(=NCc1ccsc1)NCc1ccccn1. The van der Waals surface area contributed by atoms with Gasteiger partial charge in [-0.25, -0.2) is 4.99 Å². The van der Waals surface area contributed by atoms with Crippen molar-refractivity contribution in [2.75, 3.05) is 6.54 Å². The highest BCUT2D eigenvalue weighted by molar-refractivity contribution is 7.07. The van der Waals surface area contributed by atoms with Crippen LogP contribution in [0, 0.1) is 0 Å². The zero-order valence-electron chi connectivity index (χ0n) is 11.0. The van der Waals surface area contributed by atoms with Crippen LogP contribution in [0.4, 0.5) is 0 Å². The van der Waals surface area contributed by atoms with Crippen molar-refractivity contribution in [1.82, 2.24) is 15.6 Å². The molecule has 5 heteroatoms. The van der Waals surface area contributed by atoms with Gasteiger partial charge in [0.25, 0.3) is 0 Å². The second kappa shape index (κ2) is 7.53. The zero-order chi connectivity index (χ0) is 13.3. The Labute approximate surface area is 117 Å². The van der Waals surface area contributed by atoms with Crippen molar-refractivity contribution in [1.29, 1.82) is 0 Å². The number of rotatable bonds is 5. The Morgan fingerprint density at radius 2 is 2.26 bits per heavy atom. The molecule has 0 bridgehead atoms. The lowest BCUT2D eigenvalue weighted by Crippen LogP contribution is -2.36. The summed E-state index contributed by atoms with van der Waals surface area (Å²) in [5, 5.41) is 10.7. The summed E-state index contributed by atoms with van der Waals surface area (Å²) in [4.78, 5) is 8.82. The van der Waals surface area contributed by atoms with Crippen LogP contribution < -0.4 is 10.6 Å². The third-order valence-corrected chi connectivity index (χ3v) is 3.24. The van der Waals surface area contributed by atoms with E-state index in [-0.39, 0.29) is 0 Å². The molecule has 0 saturated carbocycles. The first kappa shape index (κ1) is 13.5. The maximum absolute atomic E-state index is 4.54. The largest absolute Gasteiger partial charge is 0.357 e. The zero-order valence-corrected chi connectivity index (χ0v) is 11.8. The summed E-state index contributed by atoms with van der Waals surface area (Å²) in [5.74, 6) is 0.819. The quantitative estimate of drug-likeness (QED) is 0.650. The molecule has 0 fully saturated rings. The lowest BCUT2D eigenvalue weighted by molar-refractivity contribution is 0.800. The van der Waals surface area contributed by atoms with Crippen molar-refractivity contribution in [3.8, 4) is 0 Å². The second-order valence-corrected chi connectivity index (χ2v) is 4.78. The van der Waals surface area contributed by atoms with Gasteiger partial charge in [-0.15, -0.1) is 0 Å². The van der Waals surface area contributed by atoms with Crippen LogP contribution in [-0.2, 0) is 13.1 Å². The molecule has 0 aliphatic heterocycles. The van der Waals surface area contributed by atoms with Crippen LogP contribution in [0.25, 0.3) is 0 Å². The van der Waals surface area contributed by atoms with E-state index < -0.39 is 0 Å². The summed E-state index contributed by atoms with van der Waals surface area (Å²) in [6.45, 7) is 4.28. The van der Waals surface area contributed by atoms with E-state index in [4.69, 9.17) is 0 Å². The van der Waals surface area contributed by atoms with E-state index in [2.05, 4.69) is 44.4 Å². The Morgan fingerprint density at radius 1 is 1.32 bits per heavy atom. The van der Waals surface area contributed by atoms with E-state index in [1.54, 1.807) is 17.5 Å². The molecular formula is C14H18N4S. The first-order chi connectivity index (χ1) is 9.38. The fraction of sp³-hybridized carbons (Fsp3) is 0.286. The third-order valence-electron chi connectivity index (χ3n) is 2.51. The number of aliphatic imine (C=N–C) groups is 1. The summed E-state index contributed by atoms with van der Waals surface area (Å²) >= 11 is 1.69. The van der Waals surface area contributed by atoms with Gasteiger partial charge in [-0.3, -0.25) is 4.98 Å². The molecule has 19 heavy (non-hydrogen) atoms. The Morgan fingerprint density at radius 3 is 2.95 bits per heavy atom. The number of pyridine rings is 1. The number of thiophene rings is 1. The van der Waals surface area contributed by atoms with Crippen LogP contribution in [0.1, 0.15) is 18.2 Å². The van der Waals surface area contributed by atoms with Gasteiger partial charge in [0.15, 0.2) is 5.96 Å². The van der Waals surface area contributed by atoms with Gasteiger partial charge in [-0.2, -0.15) is 11.3 Å². The maximum Gasteiger partial charge on any atom is 0.191 e. The van der Waals surface area contributed by atoms with Crippen molar-refractivity contribution in [2.45, 2.75) is 20.0 Å². The molecule has 2 N–H and O–H groups in total. The van der Waals surface area contributed by atoms with Crippen molar-refractivity contribution in [3.05, 3.63) is 52.5 Å². The van der Waals surface area contributed by atoms with Crippen molar-refractivity contribution >= 4 is 17.3 Å². The van der Waals surface area contributed by atoms with Crippen molar-refractivity contribution < 1.29 is 0 Å². The molecule has 0 unspecified atom stereocenters. The standard InChI is InChI=1S/C14H18N4S/c1-2-15-14(17-9-12-6-8-19-11-12)18-10-13-5-3-4-7-16-13/h3-8,11H,2,9-10H2,1H3,(H2,15,17,18). The normalized spacial score (nSPS) is 11.3. The molecule has 2 aromatic heterocycles. The third kappa shape index (κ3) is 4.71. The van der Waals surface area contributed by atoms with Gasteiger partial charge in [0, 0.05) is 12.7 Å². The van der Waals surface area contributed by atoms with Crippen LogP contribution in [-0.4, -0.2) is 17.5 Å². The van der Waals surface area contributed by atoms with Crippen molar-refractivity contribution in [3.63, 3.8) is 0 Å². The maximum atomic E-state index is 4.54. The van der Waals surface area contributed by atoms with Gasteiger partial charge in [0.05, 0.1) is 18.8 Å². The molecule has 2 rings (SSSR count). The van der Waals surface area contributed by atoms with Crippen LogP contribution >= 0.6 is 11.3 Å². The molecule has 0 spiro atoms. The van der Waals surface area contributed by atoms with Crippen LogP contribution in [0.2, 0.25) is 0 Å². The fourth-order valence-corrected chi connectivity index (χ4v) is 2.23. The molecule has 2 heterocycles. The Kier molecular flexibility index (Phi) is 5.37. The van der Waals surface area contributed by atoms with Gasteiger partial charge < -0.3 is 10.6 Å². The number of nitrogens with zero attached hydrogens (tertiary/aromatic N) is 2. The lowest BCUT2D eigenvalue weighted by Gasteiger charge is -2.10. The summed E-state index contributed by atoms with van der Waals surface area (Å²) in [6, 6.07) is 7.99. The van der Waals surface area contributed by atoms with Crippen LogP contribution in [0.5, 0.6) is 0 Å². The minimum atomic E-state index is 0.677. The van der Waals surface area contributed by atoms with Gasteiger partial charge in [-0.1, -0.05) is 6.07 Å². The number of hydrogen-bond acceptors (Lipinski definition) is 3. The highest BCUT2D eigenvalue weighted by atomic mass is 32.1. The van der Waals surface area contributed by atoms with Crippen LogP contribution in [0.3, 0.4) is 0 Å². The second-order valence-electron chi connectivity index (χ2n) is 4.00. The molecule has 0 amide bonds. The molecule has 0 aliphatic carbocycles. The number of guanidine groups is 1. The minimum absolute atomic E-state index is 0.677. The van der Waals surface area contributed by atoms with E-state index in [9.17, 15) is 0 Å². The highest BCUT2D eigenvalue weighted by Gasteiger charge is 1.99. The number of hydrogen-bond donors (Lipinski definition) is 2. The van der Waals surface area contributed by atoms with Gasteiger partial charge in [0.2, 0.25) is 0 Å². The van der Waals surface area contributed by atoms with E-state index in [1.807, 2.05) is 18.2 Å². The van der Waals surface area contributed by atoms with Crippen molar-refractivity contribution in [2.24, 2.45) is 4.99 Å². The molecule has 2 aromatic rings. The lowest BCUT2D eigenvalue weighted by atomic mass is 10.3. The highest BCUT2D eigenvalue weighted by Crippen LogP contribution is 2.06. The molecule has 0 aromatic carbocycles. The fourth-order valence-electron chi connectivity index (χ4n) is 1.57. The summed E-state index contributed by atoms with van der Waals surface area (Å²) < 4.78 is 0. The van der Waals surface area contributed by atoms with Gasteiger partial charge >= 0.3 is 0 Å². The topological polar surface area (TPSA) is 49.3 Å². The number of aromatic nitrogens is 1. The smallest absolute Gasteiger partial charge is 0.191 e. The van der Waals surface area contributed by atoms with Crippen LogP contribution in [0.15, 0.2) is 46.2 Å². The predicted molar refractivity (Wildman–Crippen MR) is 80.2 cm³/mol.